The monoisotopic (exact) mass is 241 g/mol. The molecule has 17 heavy (non-hydrogen) atoms. The standard InChI is InChI=1S/C14H27NO2/c1-11-8-12(2)10-15(9-11)7-5-6-14(3,4)13(16)17/h11-12H,5-10H2,1-4H3,(H,16,17). The molecule has 3 nitrogen and oxygen atoms in total. The number of hydrogen-bond donors (Lipinski definition) is 1. The molecule has 0 aromatic heterocycles. The Hall–Kier alpha value is -0.570. The molecule has 0 saturated carbocycles. The quantitative estimate of drug-likeness (QED) is 0.804. The van der Waals surface area contributed by atoms with Gasteiger partial charge in [0.2, 0.25) is 0 Å². The molecule has 1 rings (SSSR count). The second kappa shape index (κ2) is 5.85. The summed E-state index contributed by atoms with van der Waals surface area (Å²) in [5, 5.41) is 9.05. The van der Waals surface area contributed by atoms with E-state index in [2.05, 4.69) is 18.7 Å². The van der Waals surface area contributed by atoms with Gasteiger partial charge in [-0.1, -0.05) is 13.8 Å². The van der Waals surface area contributed by atoms with Gasteiger partial charge in [0, 0.05) is 13.1 Å². The molecular weight excluding hydrogens is 214 g/mol. The third kappa shape index (κ3) is 4.66. The van der Waals surface area contributed by atoms with E-state index in [1.54, 1.807) is 0 Å². The SMILES string of the molecule is CC1CC(C)CN(CCCC(C)(C)C(=O)O)C1. The molecule has 0 bridgehead atoms. The predicted molar refractivity (Wildman–Crippen MR) is 70.0 cm³/mol. The van der Waals surface area contributed by atoms with Crippen molar-refractivity contribution in [3.05, 3.63) is 0 Å². The number of carboxylic acids is 1. The van der Waals surface area contributed by atoms with Gasteiger partial charge in [0.15, 0.2) is 0 Å². The lowest BCUT2D eigenvalue weighted by Gasteiger charge is -2.35. The summed E-state index contributed by atoms with van der Waals surface area (Å²) in [6, 6.07) is 0. The van der Waals surface area contributed by atoms with Gasteiger partial charge >= 0.3 is 5.97 Å². The minimum absolute atomic E-state index is 0.576. The van der Waals surface area contributed by atoms with Crippen LogP contribution in [0.5, 0.6) is 0 Å². The Balaban J connectivity index is 2.29. The van der Waals surface area contributed by atoms with Crippen molar-refractivity contribution in [1.82, 2.24) is 4.90 Å². The van der Waals surface area contributed by atoms with Gasteiger partial charge in [0.1, 0.15) is 0 Å². The van der Waals surface area contributed by atoms with Crippen molar-refractivity contribution in [3.63, 3.8) is 0 Å². The Kier molecular flexibility index (Phi) is 4.99. The Labute approximate surface area is 105 Å². The van der Waals surface area contributed by atoms with Crippen molar-refractivity contribution < 1.29 is 9.90 Å². The van der Waals surface area contributed by atoms with E-state index in [1.807, 2.05) is 13.8 Å². The summed E-state index contributed by atoms with van der Waals surface area (Å²) in [6.45, 7) is 11.7. The minimum atomic E-state index is -0.683. The lowest BCUT2D eigenvalue weighted by atomic mass is 9.87. The second-order valence-corrected chi connectivity index (χ2v) is 6.50. The van der Waals surface area contributed by atoms with Crippen LogP contribution in [0.15, 0.2) is 0 Å². The summed E-state index contributed by atoms with van der Waals surface area (Å²) < 4.78 is 0. The Morgan fingerprint density at radius 1 is 1.29 bits per heavy atom. The molecule has 2 atom stereocenters. The van der Waals surface area contributed by atoms with Crippen LogP contribution in [0.3, 0.4) is 0 Å². The topological polar surface area (TPSA) is 40.5 Å². The first-order chi connectivity index (χ1) is 7.81. The van der Waals surface area contributed by atoms with E-state index in [1.165, 1.54) is 19.5 Å². The summed E-state index contributed by atoms with van der Waals surface area (Å²) >= 11 is 0. The molecule has 0 amide bonds. The normalized spacial score (nSPS) is 27.1. The van der Waals surface area contributed by atoms with Crippen LogP contribution in [0, 0.1) is 17.3 Å². The van der Waals surface area contributed by atoms with Gasteiger partial charge < -0.3 is 10.0 Å². The van der Waals surface area contributed by atoms with Crippen molar-refractivity contribution >= 4 is 5.97 Å². The van der Waals surface area contributed by atoms with E-state index in [0.29, 0.717) is 0 Å². The van der Waals surface area contributed by atoms with E-state index in [4.69, 9.17) is 5.11 Å². The molecule has 0 aromatic rings. The first-order valence-electron chi connectivity index (χ1n) is 6.77. The molecular formula is C14H27NO2. The highest BCUT2D eigenvalue weighted by atomic mass is 16.4. The molecule has 100 valence electrons. The zero-order chi connectivity index (χ0) is 13.1. The lowest BCUT2D eigenvalue weighted by molar-refractivity contribution is -0.147. The maximum absolute atomic E-state index is 11.0. The number of nitrogens with zero attached hydrogens (tertiary/aromatic N) is 1. The molecule has 1 aliphatic heterocycles. The highest BCUT2D eigenvalue weighted by Crippen LogP contribution is 2.25. The molecule has 1 N–H and O–H groups in total. The van der Waals surface area contributed by atoms with Crippen molar-refractivity contribution in [1.29, 1.82) is 0 Å². The van der Waals surface area contributed by atoms with Gasteiger partial charge in [0.25, 0.3) is 0 Å². The van der Waals surface area contributed by atoms with Crippen molar-refractivity contribution in [3.8, 4) is 0 Å². The molecule has 0 spiro atoms. The Morgan fingerprint density at radius 2 is 1.82 bits per heavy atom. The molecule has 3 heteroatoms. The van der Waals surface area contributed by atoms with E-state index < -0.39 is 11.4 Å². The fourth-order valence-corrected chi connectivity index (χ4v) is 2.83. The Morgan fingerprint density at radius 3 is 2.29 bits per heavy atom. The smallest absolute Gasteiger partial charge is 0.309 e. The van der Waals surface area contributed by atoms with Gasteiger partial charge in [-0.05, 0) is 51.5 Å². The van der Waals surface area contributed by atoms with E-state index in [9.17, 15) is 4.79 Å². The van der Waals surface area contributed by atoms with Gasteiger partial charge in [0.05, 0.1) is 5.41 Å². The van der Waals surface area contributed by atoms with E-state index in [-0.39, 0.29) is 0 Å². The maximum atomic E-state index is 11.0. The molecule has 1 aliphatic rings. The first-order valence-corrected chi connectivity index (χ1v) is 6.77. The minimum Gasteiger partial charge on any atom is -0.481 e. The van der Waals surface area contributed by atoms with Crippen LogP contribution in [-0.4, -0.2) is 35.6 Å². The number of aliphatic carboxylic acids is 1. The average Bonchev–Trinajstić information content (AvgIpc) is 2.15. The molecule has 1 fully saturated rings. The average molecular weight is 241 g/mol. The molecule has 1 saturated heterocycles. The third-order valence-corrected chi connectivity index (χ3v) is 3.80. The fourth-order valence-electron chi connectivity index (χ4n) is 2.83. The van der Waals surface area contributed by atoms with E-state index in [0.717, 1.165) is 31.2 Å². The number of piperidine rings is 1. The van der Waals surface area contributed by atoms with E-state index >= 15 is 0 Å². The van der Waals surface area contributed by atoms with Crippen LogP contribution >= 0.6 is 0 Å². The van der Waals surface area contributed by atoms with Gasteiger partial charge in [-0.15, -0.1) is 0 Å². The summed E-state index contributed by atoms with van der Waals surface area (Å²) in [5.41, 5.74) is -0.576. The van der Waals surface area contributed by atoms with Crippen LogP contribution in [-0.2, 0) is 4.79 Å². The number of carbonyl (C=O) groups is 1. The highest BCUT2D eigenvalue weighted by Gasteiger charge is 2.27. The summed E-state index contributed by atoms with van der Waals surface area (Å²) in [7, 11) is 0. The summed E-state index contributed by atoms with van der Waals surface area (Å²) in [5.74, 6) is 0.885. The molecule has 1 heterocycles. The van der Waals surface area contributed by atoms with Gasteiger partial charge in [-0.2, -0.15) is 0 Å². The lowest BCUT2D eigenvalue weighted by Crippen LogP contribution is -2.39. The fraction of sp³-hybridized carbons (Fsp3) is 0.929. The van der Waals surface area contributed by atoms with Crippen molar-refractivity contribution in [2.24, 2.45) is 17.3 Å². The first kappa shape index (κ1) is 14.5. The van der Waals surface area contributed by atoms with Crippen LogP contribution < -0.4 is 0 Å². The second-order valence-electron chi connectivity index (χ2n) is 6.50. The maximum Gasteiger partial charge on any atom is 0.309 e. The van der Waals surface area contributed by atoms with Gasteiger partial charge in [-0.25, -0.2) is 0 Å². The molecule has 0 aromatic carbocycles. The Bertz CT molecular complexity index is 253. The van der Waals surface area contributed by atoms with Crippen molar-refractivity contribution in [2.75, 3.05) is 19.6 Å². The van der Waals surface area contributed by atoms with Crippen LogP contribution in [0.25, 0.3) is 0 Å². The van der Waals surface area contributed by atoms with Gasteiger partial charge in [-0.3, -0.25) is 4.79 Å². The molecule has 2 unspecified atom stereocenters. The van der Waals surface area contributed by atoms with Crippen LogP contribution in [0.2, 0.25) is 0 Å². The number of likely N-dealkylation sites (tertiary alicyclic amines) is 1. The predicted octanol–water partition coefficient (Wildman–Crippen LogP) is 2.86. The summed E-state index contributed by atoms with van der Waals surface area (Å²) in [6.07, 6.45) is 3.08. The summed E-state index contributed by atoms with van der Waals surface area (Å²) in [4.78, 5) is 13.5. The van der Waals surface area contributed by atoms with Crippen molar-refractivity contribution in [2.45, 2.75) is 47.0 Å². The molecule has 0 aliphatic carbocycles. The zero-order valence-corrected chi connectivity index (χ0v) is 11.7. The zero-order valence-electron chi connectivity index (χ0n) is 11.7. The van der Waals surface area contributed by atoms with Crippen LogP contribution in [0.4, 0.5) is 0 Å². The van der Waals surface area contributed by atoms with Crippen LogP contribution in [0.1, 0.15) is 47.0 Å². The third-order valence-electron chi connectivity index (χ3n) is 3.80. The highest BCUT2D eigenvalue weighted by molar-refractivity contribution is 5.73. The number of rotatable bonds is 5. The number of carboxylic acid groups (broad SMARTS) is 1. The molecule has 0 radical (unpaired) electrons. The number of hydrogen-bond acceptors (Lipinski definition) is 2. The largest absolute Gasteiger partial charge is 0.481 e.